The third kappa shape index (κ3) is 3.17. The van der Waals surface area contributed by atoms with Crippen molar-refractivity contribution in [3.8, 4) is 0 Å². The van der Waals surface area contributed by atoms with Crippen molar-refractivity contribution in [1.82, 2.24) is 19.9 Å². The van der Waals surface area contributed by atoms with Gasteiger partial charge in [-0.15, -0.1) is 11.3 Å². The topological polar surface area (TPSA) is 41.9 Å². The van der Waals surface area contributed by atoms with E-state index in [0.29, 0.717) is 12.0 Å². The van der Waals surface area contributed by atoms with Crippen LogP contribution in [0.3, 0.4) is 0 Å². The third-order valence-corrected chi connectivity index (χ3v) is 6.54. The minimum absolute atomic E-state index is 0.334. The van der Waals surface area contributed by atoms with Gasteiger partial charge in [-0.1, -0.05) is 0 Å². The highest BCUT2D eigenvalue weighted by Crippen LogP contribution is 2.36. The van der Waals surface area contributed by atoms with Gasteiger partial charge in [0.2, 0.25) is 0 Å². The Morgan fingerprint density at radius 1 is 1.22 bits per heavy atom. The van der Waals surface area contributed by atoms with E-state index in [1.807, 2.05) is 17.5 Å². The Balaban J connectivity index is 1.49. The van der Waals surface area contributed by atoms with E-state index < -0.39 is 0 Å². The normalized spacial score (nSPS) is 23.4. The molecule has 1 aliphatic heterocycles. The molecule has 4 rings (SSSR count). The number of rotatable bonds is 3. The van der Waals surface area contributed by atoms with Gasteiger partial charge in [-0.05, 0) is 52.0 Å². The summed E-state index contributed by atoms with van der Waals surface area (Å²) in [5.41, 5.74) is 2.47. The molecule has 1 aliphatic carbocycles. The molecule has 2 aliphatic rings. The van der Waals surface area contributed by atoms with E-state index in [9.17, 15) is 0 Å². The Morgan fingerprint density at radius 3 is 2.96 bits per heavy atom. The summed E-state index contributed by atoms with van der Waals surface area (Å²) < 4.78 is 0. The summed E-state index contributed by atoms with van der Waals surface area (Å²) in [6, 6.07) is 0.334. The zero-order valence-corrected chi connectivity index (χ0v) is 14.6. The van der Waals surface area contributed by atoms with Gasteiger partial charge in [-0.25, -0.2) is 4.98 Å². The molecule has 0 saturated carbocycles. The zero-order valence-electron chi connectivity index (χ0n) is 13.7. The van der Waals surface area contributed by atoms with E-state index in [-0.39, 0.29) is 0 Å². The van der Waals surface area contributed by atoms with Crippen LogP contribution in [0.25, 0.3) is 0 Å². The van der Waals surface area contributed by atoms with Crippen molar-refractivity contribution in [3.63, 3.8) is 0 Å². The fourth-order valence-electron chi connectivity index (χ4n) is 3.82. The highest BCUT2D eigenvalue weighted by atomic mass is 32.1. The van der Waals surface area contributed by atoms with Crippen LogP contribution < -0.4 is 0 Å². The molecule has 0 aromatic carbocycles. The monoisotopic (exact) mass is 328 g/mol. The molecule has 23 heavy (non-hydrogen) atoms. The summed E-state index contributed by atoms with van der Waals surface area (Å²) in [6.45, 7) is 4.50. The number of nitrogens with zero attached hydrogens (tertiary/aromatic N) is 4. The Hall–Kier alpha value is -1.33. The molecule has 1 fully saturated rings. The highest BCUT2D eigenvalue weighted by molar-refractivity contribution is 7.11. The van der Waals surface area contributed by atoms with Crippen molar-refractivity contribution in [1.29, 1.82) is 0 Å². The van der Waals surface area contributed by atoms with Crippen LogP contribution in [-0.2, 0) is 12.8 Å². The molecule has 0 radical (unpaired) electrons. The van der Waals surface area contributed by atoms with Crippen LogP contribution in [0.1, 0.15) is 65.8 Å². The van der Waals surface area contributed by atoms with Gasteiger partial charge in [0.05, 0.1) is 22.4 Å². The lowest BCUT2D eigenvalue weighted by molar-refractivity contribution is 0.155. The van der Waals surface area contributed by atoms with Gasteiger partial charge in [-0.2, -0.15) is 0 Å². The maximum Gasteiger partial charge on any atom is 0.0974 e. The minimum atomic E-state index is 0.334. The highest BCUT2D eigenvalue weighted by Gasteiger charge is 2.29. The third-order valence-electron chi connectivity index (χ3n) is 5.22. The van der Waals surface area contributed by atoms with Crippen molar-refractivity contribution in [2.24, 2.45) is 0 Å². The standard InChI is InChI=1S/C18H24N4S/c1-13(16-11-19-8-9-20-16)22-10-4-5-14(12-22)18-21-15-6-2-3-7-17(15)23-18/h8-9,11,13-14H,2-7,10,12H2,1H3. The predicted molar refractivity (Wildman–Crippen MR) is 92.8 cm³/mol. The van der Waals surface area contributed by atoms with E-state index in [0.717, 1.165) is 18.8 Å². The summed E-state index contributed by atoms with van der Waals surface area (Å²) in [5, 5.41) is 1.38. The van der Waals surface area contributed by atoms with Crippen LogP contribution in [0.2, 0.25) is 0 Å². The van der Waals surface area contributed by atoms with Gasteiger partial charge in [-0.3, -0.25) is 14.9 Å². The molecule has 122 valence electrons. The predicted octanol–water partition coefficient (Wildman–Crippen LogP) is 3.75. The summed E-state index contributed by atoms with van der Waals surface area (Å²) >= 11 is 1.99. The SMILES string of the molecule is CC(c1cnccn1)N1CCCC(c2nc3c(s2)CCCC3)C1. The first-order valence-corrected chi connectivity index (χ1v) is 9.61. The van der Waals surface area contributed by atoms with Crippen molar-refractivity contribution in [2.45, 2.75) is 57.4 Å². The van der Waals surface area contributed by atoms with Gasteiger partial charge in [0.1, 0.15) is 0 Å². The minimum Gasteiger partial charge on any atom is -0.294 e. The van der Waals surface area contributed by atoms with Gasteiger partial charge in [0.15, 0.2) is 0 Å². The average Bonchev–Trinajstić information content (AvgIpc) is 3.06. The Morgan fingerprint density at radius 2 is 2.13 bits per heavy atom. The number of hydrogen-bond acceptors (Lipinski definition) is 5. The molecule has 3 heterocycles. The zero-order chi connectivity index (χ0) is 15.6. The van der Waals surface area contributed by atoms with E-state index in [4.69, 9.17) is 4.98 Å². The lowest BCUT2D eigenvalue weighted by Gasteiger charge is -2.35. The molecule has 1 saturated heterocycles. The lowest BCUT2D eigenvalue weighted by atomic mass is 9.96. The Kier molecular flexibility index (Phi) is 4.40. The number of aromatic nitrogens is 3. The Labute approximate surface area is 142 Å². The smallest absolute Gasteiger partial charge is 0.0974 e. The maximum absolute atomic E-state index is 5.00. The quantitative estimate of drug-likeness (QED) is 0.860. The number of likely N-dealkylation sites (tertiary alicyclic amines) is 1. The first-order chi connectivity index (χ1) is 11.3. The molecular weight excluding hydrogens is 304 g/mol. The number of thiazole rings is 1. The number of piperidine rings is 1. The molecule has 0 bridgehead atoms. The fraction of sp³-hybridized carbons (Fsp3) is 0.611. The molecule has 4 nitrogen and oxygen atoms in total. The molecule has 2 aromatic heterocycles. The van der Waals surface area contributed by atoms with Crippen molar-refractivity contribution < 1.29 is 0 Å². The number of fused-ring (bicyclic) bond motifs is 1. The second-order valence-corrected chi connectivity index (χ2v) is 7.88. The van der Waals surface area contributed by atoms with Gasteiger partial charge in [0, 0.05) is 35.9 Å². The van der Waals surface area contributed by atoms with E-state index in [1.165, 1.54) is 49.2 Å². The second kappa shape index (κ2) is 6.65. The van der Waals surface area contributed by atoms with E-state index in [2.05, 4.69) is 21.8 Å². The molecular formula is C18H24N4S. The molecule has 0 amide bonds. The maximum atomic E-state index is 5.00. The lowest BCUT2D eigenvalue weighted by Crippen LogP contribution is -2.36. The van der Waals surface area contributed by atoms with Gasteiger partial charge < -0.3 is 0 Å². The summed E-state index contributed by atoms with van der Waals surface area (Å²) in [6.07, 6.45) is 13.1. The number of aryl methyl sites for hydroxylation is 2. The molecule has 0 spiro atoms. The first-order valence-electron chi connectivity index (χ1n) is 8.79. The fourth-order valence-corrected chi connectivity index (χ4v) is 5.10. The molecule has 2 aromatic rings. The Bertz CT molecular complexity index is 631. The van der Waals surface area contributed by atoms with Crippen molar-refractivity contribution >= 4 is 11.3 Å². The van der Waals surface area contributed by atoms with Crippen LogP contribution in [-0.4, -0.2) is 32.9 Å². The average molecular weight is 328 g/mol. The molecule has 5 heteroatoms. The molecule has 2 unspecified atom stereocenters. The first kappa shape index (κ1) is 15.2. The van der Waals surface area contributed by atoms with Gasteiger partial charge in [0.25, 0.3) is 0 Å². The van der Waals surface area contributed by atoms with E-state index in [1.54, 1.807) is 17.3 Å². The van der Waals surface area contributed by atoms with Crippen LogP contribution in [0.4, 0.5) is 0 Å². The summed E-state index contributed by atoms with van der Waals surface area (Å²) in [7, 11) is 0. The number of hydrogen-bond donors (Lipinski definition) is 0. The van der Waals surface area contributed by atoms with Crippen LogP contribution in [0, 0.1) is 0 Å². The summed E-state index contributed by atoms with van der Waals surface area (Å²) in [5.74, 6) is 0.596. The summed E-state index contributed by atoms with van der Waals surface area (Å²) in [4.78, 5) is 17.8. The van der Waals surface area contributed by atoms with Crippen LogP contribution in [0.5, 0.6) is 0 Å². The van der Waals surface area contributed by atoms with E-state index >= 15 is 0 Å². The second-order valence-electron chi connectivity index (χ2n) is 6.77. The van der Waals surface area contributed by atoms with Crippen LogP contribution in [0.15, 0.2) is 18.6 Å². The largest absolute Gasteiger partial charge is 0.294 e. The van der Waals surface area contributed by atoms with Crippen LogP contribution >= 0.6 is 11.3 Å². The van der Waals surface area contributed by atoms with Crippen molar-refractivity contribution in [3.05, 3.63) is 39.9 Å². The molecule has 2 atom stereocenters. The van der Waals surface area contributed by atoms with Crippen molar-refractivity contribution in [2.75, 3.05) is 13.1 Å². The molecule has 0 N–H and O–H groups in total. The van der Waals surface area contributed by atoms with Gasteiger partial charge >= 0.3 is 0 Å².